The Kier molecular flexibility index (Phi) is 4.91. The molecule has 1 saturated carbocycles. The molecule has 5 rings (SSSR count). The quantitative estimate of drug-likeness (QED) is 0.608. The zero-order valence-electron chi connectivity index (χ0n) is 16.6. The van der Waals surface area contributed by atoms with Gasteiger partial charge in [0.1, 0.15) is 10.4 Å². The van der Waals surface area contributed by atoms with Crippen molar-refractivity contribution in [2.24, 2.45) is 5.92 Å². The molecule has 154 valence electrons. The van der Waals surface area contributed by atoms with E-state index in [1.165, 1.54) is 12.8 Å². The van der Waals surface area contributed by atoms with Crippen LogP contribution in [0.1, 0.15) is 53.0 Å². The minimum Gasteiger partial charge on any atom is -0.383 e. The molecule has 1 aliphatic heterocycles. The summed E-state index contributed by atoms with van der Waals surface area (Å²) in [5.74, 6) is 1.06. The van der Waals surface area contributed by atoms with Gasteiger partial charge in [0.05, 0.1) is 30.5 Å². The van der Waals surface area contributed by atoms with Crippen molar-refractivity contribution < 1.29 is 9.53 Å². The summed E-state index contributed by atoms with van der Waals surface area (Å²) in [6.07, 6.45) is 2.25. The molecule has 30 heavy (non-hydrogen) atoms. The Labute approximate surface area is 182 Å². The van der Waals surface area contributed by atoms with E-state index in [0.29, 0.717) is 35.1 Å². The molecule has 7 nitrogen and oxygen atoms in total. The van der Waals surface area contributed by atoms with Crippen LogP contribution in [0.2, 0.25) is 0 Å². The van der Waals surface area contributed by atoms with E-state index in [2.05, 4.69) is 31.1 Å². The molecule has 2 N–H and O–H groups in total. The second-order valence-electron chi connectivity index (χ2n) is 8.05. The highest BCUT2D eigenvalue weighted by atomic mass is 79.9. The van der Waals surface area contributed by atoms with E-state index >= 15 is 0 Å². The van der Waals surface area contributed by atoms with Gasteiger partial charge in [-0.05, 0) is 77.5 Å². The number of hydrogen-bond acceptors (Lipinski definition) is 6. The van der Waals surface area contributed by atoms with E-state index in [0.717, 1.165) is 34.3 Å². The number of halogens is 1. The van der Waals surface area contributed by atoms with Gasteiger partial charge in [-0.1, -0.05) is 0 Å². The monoisotopic (exact) mass is 467 g/mol. The van der Waals surface area contributed by atoms with Gasteiger partial charge in [-0.3, -0.25) is 4.79 Å². The van der Waals surface area contributed by atoms with Gasteiger partial charge in [-0.25, -0.2) is 4.98 Å². The van der Waals surface area contributed by atoms with E-state index in [4.69, 9.17) is 10.5 Å². The van der Waals surface area contributed by atoms with E-state index in [1.807, 2.05) is 42.2 Å². The second kappa shape index (κ2) is 7.59. The van der Waals surface area contributed by atoms with Crippen LogP contribution in [0.15, 0.2) is 34.9 Å². The fourth-order valence-corrected chi connectivity index (χ4v) is 4.25. The van der Waals surface area contributed by atoms with Gasteiger partial charge in [0, 0.05) is 23.1 Å². The van der Waals surface area contributed by atoms with Gasteiger partial charge in [-0.2, -0.15) is 5.10 Å². The summed E-state index contributed by atoms with van der Waals surface area (Å²) < 4.78 is 6.45. The molecule has 3 heterocycles. The number of carbonyl (C=O) groups is 1. The van der Waals surface area contributed by atoms with Crippen LogP contribution in [0.5, 0.6) is 0 Å². The third-order valence-corrected chi connectivity index (χ3v) is 6.22. The third kappa shape index (κ3) is 3.65. The third-order valence-electron chi connectivity index (χ3n) is 5.80. The maximum Gasteiger partial charge on any atom is 0.254 e. The summed E-state index contributed by atoms with van der Waals surface area (Å²) in [5, 5.41) is 9.19. The molecule has 0 radical (unpaired) electrons. The molecule has 8 heteroatoms. The van der Waals surface area contributed by atoms with Crippen LogP contribution in [0.25, 0.3) is 10.9 Å². The topological polar surface area (TPSA) is 94.2 Å². The summed E-state index contributed by atoms with van der Waals surface area (Å²) >= 11 is 3.31. The average Bonchev–Trinajstić information content (AvgIpc) is 3.47. The number of fused-ring (bicyclic) bond motifs is 3. The fraction of sp³-hybridized carbons (Fsp3) is 0.364. The molecule has 3 aromatic rings. The maximum absolute atomic E-state index is 13.4. The number of pyridine rings is 1. The second-order valence-corrected chi connectivity index (χ2v) is 8.86. The van der Waals surface area contributed by atoms with Crippen molar-refractivity contribution in [2.75, 3.05) is 12.3 Å². The van der Waals surface area contributed by atoms with Crippen molar-refractivity contribution in [3.8, 4) is 0 Å². The average molecular weight is 468 g/mol. The lowest BCUT2D eigenvalue weighted by Crippen LogP contribution is -2.33. The summed E-state index contributed by atoms with van der Waals surface area (Å²) in [4.78, 5) is 19.9. The first kappa shape index (κ1) is 19.4. The number of aromatic nitrogens is 3. The highest BCUT2D eigenvalue weighted by molar-refractivity contribution is 9.10. The standard InChI is InChI=1S/C22H22BrN5O2/c1-12-20-17(11-30-12)16-8-14(4-6-18(16)25-21(20)24)22(29)28(9-13-2-3-13)10-15-5-7-19(23)27-26-15/h4-8,12-13H,2-3,9-11H2,1H3,(H2,24,25)/t12-/m1/s1. The van der Waals surface area contributed by atoms with Crippen LogP contribution in [0, 0.1) is 5.92 Å². The number of nitrogens with two attached hydrogens (primary N) is 1. The van der Waals surface area contributed by atoms with Crippen molar-refractivity contribution in [1.29, 1.82) is 0 Å². The van der Waals surface area contributed by atoms with Crippen LogP contribution in [0.4, 0.5) is 5.82 Å². The van der Waals surface area contributed by atoms with Gasteiger partial charge < -0.3 is 15.4 Å². The van der Waals surface area contributed by atoms with Gasteiger partial charge in [-0.15, -0.1) is 5.10 Å². The number of ether oxygens (including phenoxy) is 1. The van der Waals surface area contributed by atoms with Crippen LogP contribution in [0.3, 0.4) is 0 Å². The van der Waals surface area contributed by atoms with Crippen LogP contribution >= 0.6 is 15.9 Å². The smallest absolute Gasteiger partial charge is 0.254 e. The number of anilines is 1. The SMILES string of the molecule is C[C@H]1OCc2c1c(N)nc1ccc(C(=O)N(Cc3ccc(Br)nn3)CC3CC3)cc21. The Morgan fingerprint density at radius 1 is 1.27 bits per heavy atom. The van der Waals surface area contributed by atoms with Crippen molar-refractivity contribution in [3.05, 3.63) is 57.3 Å². The summed E-state index contributed by atoms with van der Waals surface area (Å²) in [7, 11) is 0. The predicted octanol–water partition coefficient (Wildman–Crippen LogP) is 4.01. The Balaban J connectivity index is 1.49. The lowest BCUT2D eigenvalue weighted by Gasteiger charge is -2.22. The van der Waals surface area contributed by atoms with Gasteiger partial charge in [0.15, 0.2) is 0 Å². The Morgan fingerprint density at radius 3 is 2.83 bits per heavy atom. The summed E-state index contributed by atoms with van der Waals surface area (Å²) in [5.41, 5.74) is 10.3. The number of hydrogen-bond donors (Lipinski definition) is 1. The molecule has 2 aromatic heterocycles. The Hall–Kier alpha value is -2.58. The van der Waals surface area contributed by atoms with Crippen molar-refractivity contribution >= 4 is 38.6 Å². The first-order valence-electron chi connectivity index (χ1n) is 10.1. The number of nitrogen functional groups attached to an aromatic ring is 1. The van der Waals surface area contributed by atoms with Crippen molar-refractivity contribution in [2.45, 2.75) is 39.0 Å². The van der Waals surface area contributed by atoms with Crippen LogP contribution < -0.4 is 5.73 Å². The highest BCUT2D eigenvalue weighted by Crippen LogP contribution is 2.38. The molecular weight excluding hydrogens is 446 g/mol. The largest absolute Gasteiger partial charge is 0.383 e. The molecule has 0 saturated heterocycles. The van der Waals surface area contributed by atoms with Crippen molar-refractivity contribution in [1.82, 2.24) is 20.1 Å². The molecule has 1 aliphatic carbocycles. The lowest BCUT2D eigenvalue weighted by atomic mass is 10.00. The Bertz CT molecular complexity index is 1130. The van der Waals surface area contributed by atoms with E-state index < -0.39 is 0 Å². The predicted molar refractivity (Wildman–Crippen MR) is 117 cm³/mol. The molecule has 1 amide bonds. The zero-order chi connectivity index (χ0) is 20.8. The molecule has 1 fully saturated rings. The number of rotatable bonds is 5. The van der Waals surface area contributed by atoms with Gasteiger partial charge in [0.25, 0.3) is 5.91 Å². The minimum absolute atomic E-state index is 0.00828. The summed E-state index contributed by atoms with van der Waals surface area (Å²) in [6, 6.07) is 9.37. The van der Waals surface area contributed by atoms with E-state index in [9.17, 15) is 4.79 Å². The maximum atomic E-state index is 13.4. The highest BCUT2D eigenvalue weighted by Gasteiger charge is 2.29. The molecular formula is C22H22BrN5O2. The first-order valence-corrected chi connectivity index (χ1v) is 10.9. The number of amides is 1. The van der Waals surface area contributed by atoms with Gasteiger partial charge >= 0.3 is 0 Å². The molecule has 0 spiro atoms. The first-order chi connectivity index (χ1) is 14.5. The zero-order valence-corrected chi connectivity index (χ0v) is 18.2. The van der Waals surface area contributed by atoms with Crippen LogP contribution in [-0.4, -0.2) is 32.5 Å². The van der Waals surface area contributed by atoms with E-state index in [-0.39, 0.29) is 12.0 Å². The van der Waals surface area contributed by atoms with E-state index in [1.54, 1.807) is 0 Å². The number of carbonyl (C=O) groups excluding carboxylic acids is 1. The number of nitrogens with zero attached hydrogens (tertiary/aromatic N) is 4. The molecule has 0 bridgehead atoms. The van der Waals surface area contributed by atoms with Crippen molar-refractivity contribution in [3.63, 3.8) is 0 Å². The Morgan fingerprint density at radius 2 is 2.10 bits per heavy atom. The lowest BCUT2D eigenvalue weighted by molar-refractivity contribution is 0.0732. The molecule has 2 aliphatic rings. The molecule has 0 unspecified atom stereocenters. The number of benzene rings is 1. The normalized spacial score (nSPS) is 17.9. The van der Waals surface area contributed by atoms with Crippen LogP contribution in [-0.2, 0) is 17.9 Å². The minimum atomic E-state index is -0.0846. The molecule has 1 atom stereocenters. The van der Waals surface area contributed by atoms with Gasteiger partial charge in [0.2, 0.25) is 0 Å². The summed E-state index contributed by atoms with van der Waals surface area (Å²) in [6.45, 7) is 3.62. The fourth-order valence-electron chi connectivity index (χ4n) is 4.04. The molecule has 1 aromatic carbocycles.